The Kier molecular flexibility index (Phi) is 5.64. The van der Waals surface area contributed by atoms with E-state index in [4.69, 9.17) is 10.5 Å². The molecule has 0 unspecified atom stereocenters. The minimum absolute atomic E-state index is 0.0622. The summed E-state index contributed by atoms with van der Waals surface area (Å²) < 4.78 is 33.4. The summed E-state index contributed by atoms with van der Waals surface area (Å²) in [6.45, 7) is 0.332. The van der Waals surface area contributed by atoms with E-state index >= 15 is 0 Å². The standard InChI is InChI=1S/C21H16F2N2O3/c22-17-7-4-8-18(23)19(17)20(26)25(21(24)27)15-9-11-16(12-10-15)28-13-14-5-2-1-3-6-14/h1-12H,13H2,(H2,24,27). The molecular formula is C21H16F2N2O3. The van der Waals surface area contributed by atoms with Gasteiger partial charge in [0, 0.05) is 0 Å². The van der Waals surface area contributed by atoms with Crippen molar-refractivity contribution in [1.82, 2.24) is 0 Å². The molecule has 28 heavy (non-hydrogen) atoms. The molecule has 7 heteroatoms. The summed E-state index contributed by atoms with van der Waals surface area (Å²) in [5, 5.41) is 0. The molecule has 0 aliphatic rings. The van der Waals surface area contributed by atoms with Gasteiger partial charge in [-0.05, 0) is 42.0 Å². The number of ether oxygens (including phenoxy) is 1. The fourth-order valence-electron chi connectivity index (χ4n) is 2.59. The molecule has 3 aromatic rings. The quantitative estimate of drug-likeness (QED) is 0.716. The van der Waals surface area contributed by atoms with Crippen LogP contribution in [0.1, 0.15) is 15.9 Å². The van der Waals surface area contributed by atoms with Gasteiger partial charge in [0.15, 0.2) is 0 Å². The van der Waals surface area contributed by atoms with Gasteiger partial charge in [0.25, 0.3) is 5.91 Å². The van der Waals surface area contributed by atoms with Crippen molar-refractivity contribution in [3.8, 4) is 5.75 Å². The summed E-state index contributed by atoms with van der Waals surface area (Å²) in [6.07, 6.45) is 0. The molecule has 0 aliphatic carbocycles. The van der Waals surface area contributed by atoms with Crippen LogP contribution in [0.25, 0.3) is 0 Å². The Bertz CT molecular complexity index is 972. The van der Waals surface area contributed by atoms with Gasteiger partial charge in [0.05, 0.1) is 5.69 Å². The predicted molar refractivity (Wildman–Crippen MR) is 100.0 cm³/mol. The molecule has 0 radical (unpaired) electrons. The van der Waals surface area contributed by atoms with Crippen LogP contribution in [-0.2, 0) is 6.61 Å². The Morgan fingerprint density at radius 1 is 0.857 bits per heavy atom. The third kappa shape index (κ3) is 4.15. The number of rotatable bonds is 5. The highest BCUT2D eigenvalue weighted by Gasteiger charge is 2.27. The van der Waals surface area contributed by atoms with Crippen molar-refractivity contribution < 1.29 is 23.1 Å². The number of carbonyl (C=O) groups excluding carboxylic acids is 2. The number of amides is 3. The molecule has 0 saturated heterocycles. The van der Waals surface area contributed by atoms with Crippen LogP contribution >= 0.6 is 0 Å². The summed E-state index contributed by atoms with van der Waals surface area (Å²) in [5.74, 6) is -2.87. The number of anilines is 1. The molecule has 0 heterocycles. The van der Waals surface area contributed by atoms with Gasteiger partial charge in [-0.1, -0.05) is 36.4 Å². The average molecular weight is 382 g/mol. The average Bonchev–Trinajstić information content (AvgIpc) is 2.68. The van der Waals surface area contributed by atoms with Crippen molar-refractivity contribution in [1.29, 1.82) is 0 Å². The molecule has 3 rings (SSSR count). The summed E-state index contributed by atoms with van der Waals surface area (Å²) in [4.78, 5) is 24.8. The van der Waals surface area contributed by atoms with Crippen molar-refractivity contribution in [3.63, 3.8) is 0 Å². The molecular weight excluding hydrogens is 366 g/mol. The van der Waals surface area contributed by atoms with Gasteiger partial charge in [0.1, 0.15) is 29.6 Å². The molecule has 0 saturated carbocycles. The number of urea groups is 1. The SMILES string of the molecule is NC(=O)N(C(=O)c1c(F)cccc1F)c1ccc(OCc2ccccc2)cc1. The summed E-state index contributed by atoms with van der Waals surface area (Å²) >= 11 is 0. The lowest BCUT2D eigenvalue weighted by atomic mass is 10.1. The number of nitrogens with two attached hydrogens (primary N) is 1. The first-order valence-electron chi connectivity index (χ1n) is 8.32. The second-order valence-electron chi connectivity index (χ2n) is 5.84. The van der Waals surface area contributed by atoms with E-state index in [1.54, 1.807) is 0 Å². The second kappa shape index (κ2) is 8.30. The Morgan fingerprint density at radius 3 is 2.04 bits per heavy atom. The van der Waals surface area contributed by atoms with E-state index in [1.165, 1.54) is 24.3 Å². The zero-order valence-corrected chi connectivity index (χ0v) is 14.6. The van der Waals surface area contributed by atoms with Crippen LogP contribution < -0.4 is 15.4 Å². The zero-order valence-electron chi connectivity index (χ0n) is 14.6. The summed E-state index contributed by atoms with van der Waals surface area (Å²) in [6, 6.07) is 17.2. The van der Waals surface area contributed by atoms with Gasteiger partial charge >= 0.3 is 6.03 Å². The zero-order chi connectivity index (χ0) is 20.1. The van der Waals surface area contributed by atoms with E-state index in [2.05, 4.69) is 0 Å². The van der Waals surface area contributed by atoms with Crippen molar-refractivity contribution in [2.24, 2.45) is 5.73 Å². The van der Waals surface area contributed by atoms with Gasteiger partial charge in [0.2, 0.25) is 0 Å². The van der Waals surface area contributed by atoms with Crippen LogP contribution in [0.15, 0.2) is 72.8 Å². The smallest absolute Gasteiger partial charge is 0.326 e. The van der Waals surface area contributed by atoms with Crippen molar-refractivity contribution in [3.05, 3.63) is 95.6 Å². The first-order chi connectivity index (χ1) is 13.5. The largest absolute Gasteiger partial charge is 0.489 e. The molecule has 3 amide bonds. The maximum Gasteiger partial charge on any atom is 0.326 e. The molecule has 0 aliphatic heterocycles. The molecule has 0 fully saturated rings. The molecule has 3 aromatic carbocycles. The number of imide groups is 1. The van der Waals surface area contributed by atoms with E-state index in [0.717, 1.165) is 23.8 Å². The first-order valence-corrected chi connectivity index (χ1v) is 8.32. The van der Waals surface area contributed by atoms with Gasteiger partial charge < -0.3 is 10.5 Å². The summed E-state index contributed by atoms with van der Waals surface area (Å²) in [7, 11) is 0. The fraction of sp³-hybridized carbons (Fsp3) is 0.0476. The Morgan fingerprint density at radius 2 is 1.46 bits per heavy atom. The maximum atomic E-state index is 13.9. The third-order valence-electron chi connectivity index (χ3n) is 3.94. The lowest BCUT2D eigenvalue weighted by molar-refractivity contribution is 0.0987. The predicted octanol–water partition coefficient (Wildman–Crippen LogP) is 4.27. The topological polar surface area (TPSA) is 72.6 Å². The van der Waals surface area contributed by atoms with Gasteiger partial charge in [-0.25, -0.2) is 18.5 Å². The Hall–Kier alpha value is -3.74. The second-order valence-corrected chi connectivity index (χ2v) is 5.84. The van der Waals surface area contributed by atoms with Gasteiger partial charge in [-0.15, -0.1) is 0 Å². The number of primary amides is 1. The lowest BCUT2D eigenvalue weighted by Crippen LogP contribution is -2.41. The first kappa shape index (κ1) is 19.0. The van der Waals surface area contributed by atoms with Crippen LogP contribution in [0.5, 0.6) is 5.75 Å². The fourth-order valence-corrected chi connectivity index (χ4v) is 2.59. The van der Waals surface area contributed by atoms with Crippen molar-refractivity contribution in [2.75, 3.05) is 4.90 Å². The summed E-state index contributed by atoms with van der Waals surface area (Å²) in [5.41, 5.74) is 5.44. The molecule has 5 nitrogen and oxygen atoms in total. The molecule has 0 bridgehead atoms. The van der Waals surface area contributed by atoms with Crippen LogP contribution in [0, 0.1) is 11.6 Å². The highest BCUT2D eigenvalue weighted by Crippen LogP contribution is 2.24. The molecule has 142 valence electrons. The Labute approximate surface area is 160 Å². The number of carbonyl (C=O) groups is 2. The van der Waals surface area contributed by atoms with Crippen LogP contribution in [-0.4, -0.2) is 11.9 Å². The number of benzene rings is 3. The number of nitrogens with zero attached hydrogens (tertiary/aromatic N) is 1. The minimum Gasteiger partial charge on any atom is -0.489 e. The highest BCUT2D eigenvalue weighted by molar-refractivity contribution is 6.20. The van der Waals surface area contributed by atoms with E-state index in [-0.39, 0.29) is 5.69 Å². The van der Waals surface area contributed by atoms with E-state index in [1.807, 2.05) is 30.3 Å². The van der Waals surface area contributed by atoms with E-state index < -0.39 is 29.1 Å². The molecule has 0 aromatic heterocycles. The monoisotopic (exact) mass is 382 g/mol. The van der Waals surface area contributed by atoms with E-state index in [0.29, 0.717) is 17.3 Å². The van der Waals surface area contributed by atoms with Crippen LogP contribution in [0.4, 0.5) is 19.3 Å². The minimum atomic E-state index is -1.19. The van der Waals surface area contributed by atoms with Crippen LogP contribution in [0.3, 0.4) is 0 Å². The Balaban J connectivity index is 1.81. The number of hydrogen-bond acceptors (Lipinski definition) is 3. The van der Waals surface area contributed by atoms with Crippen molar-refractivity contribution >= 4 is 17.6 Å². The maximum absolute atomic E-state index is 13.9. The number of hydrogen-bond donors (Lipinski definition) is 1. The van der Waals surface area contributed by atoms with Gasteiger partial charge in [-0.3, -0.25) is 4.79 Å². The molecule has 0 atom stereocenters. The van der Waals surface area contributed by atoms with E-state index in [9.17, 15) is 18.4 Å². The van der Waals surface area contributed by atoms with Crippen LogP contribution in [0.2, 0.25) is 0 Å². The van der Waals surface area contributed by atoms with Gasteiger partial charge in [-0.2, -0.15) is 0 Å². The third-order valence-corrected chi connectivity index (χ3v) is 3.94. The van der Waals surface area contributed by atoms with Crippen molar-refractivity contribution in [2.45, 2.75) is 6.61 Å². The number of halogens is 2. The molecule has 0 spiro atoms. The highest BCUT2D eigenvalue weighted by atomic mass is 19.1. The lowest BCUT2D eigenvalue weighted by Gasteiger charge is -2.19. The molecule has 2 N–H and O–H groups in total. The normalized spacial score (nSPS) is 10.4.